The third-order valence-corrected chi connectivity index (χ3v) is 5.04. The third-order valence-electron chi connectivity index (χ3n) is 5.04. The largest absolute Gasteiger partial charge is 0.453 e. The first-order valence-corrected chi connectivity index (χ1v) is 9.53. The zero-order valence-corrected chi connectivity index (χ0v) is 16.2. The van der Waals surface area contributed by atoms with E-state index in [4.69, 9.17) is 4.74 Å². The number of anilines is 1. The lowest BCUT2D eigenvalue weighted by Gasteiger charge is -2.15. The highest BCUT2D eigenvalue weighted by Gasteiger charge is 2.33. The molecule has 4 amide bonds. The average Bonchev–Trinajstić information content (AvgIpc) is 3.20. The molecule has 0 aromatic heterocycles. The molecule has 0 radical (unpaired) electrons. The van der Waals surface area contributed by atoms with Crippen molar-refractivity contribution < 1.29 is 23.9 Å². The number of amides is 4. The van der Waals surface area contributed by atoms with Gasteiger partial charge < -0.3 is 15.0 Å². The predicted molar refractivity (Wildman–Crippen MR) is 102 cm³/mol. The molecule has 1 aliphatic heterocycles. The molecule has 0 saturated carbocycles. The predicted octanol–water partition coefficient (Wildman–Crippen LogP) is 1.72. The molecule has 1 saturated heterocycles. The Morgan fingerprint density at radius 3 is 2.68 bits per heavy atom. The van der Waals surface area contributed by atoms with Crippen LogP contribution < -0.4 is 5.32 Å². The molecule has 1 N–H and O–H groups in total. The van der Waals surface area contributed by atoms with E-state index < -0.39 is 18.0 Å². The minimum absolute atomic E-state index is 0.0250. The maximum Gasteiger partial charge on any atom is 0.326 e. The van der Waals surface area contributed by atoms with Crippen LogP contribution in [0.25, 0.3) is 0 Å². The SMILES string of the molecule is C[C@@H](OC(=O)CCCN1C(=O)CN(C)C1=O)C(=O)Nc1ccc2c(c1)CCC2. The first kappa shape index (κ1) is 19.9. The number of benzene rings is 1. The topological polar surface area (TPSA) is 96.0 Å². The van der Waals surface area contributed by atoms with Crippen molar-refractivity contribution in [3.8, 4) is 0 Å². The molecule has 1 aromatic carbocycles. The molecule has 1 aromatic rings. The lowest BCUT2D eigenvalue weighted by molar-refractivity contribution is -0.153. The summed E-state index contributed by atoms with van der Waals surface area (Å²) >= 11 is 0. The first-order valence-electron chi connectivity index (χ1n) is 9.53. The molecule has 0 spiro atoms. The number of hydrogen-bond donors (Lipinski definition) is 1. The van der Waals surface area contributed by atoms with E-state index in [-0.39, 0.29) is 31.4 Å². The number of esters is 1. The molecule has 0 bridgehead atoms. The summed E-state index contributed by atoms with van der Waals surface area (Å²) in [6, 6.07) is 5.49. The number of urea groups is 1. The number of ether oxygens (including phenoxy) is 1. The minimum Gasteiger partial charge on any atom is -0.453 e. The van der Waals surface area contributed by atoms with Gasteiger partial charge in [-0.2, -0.15) is 0 Å². The van der Waals surface area contributed by atoms with Crippen LogP contribution in [0.5, 0.6) is 0 Å². The van der Waals surface area contributed by atoms with E-state index in [2.05, 4.69) is 5.32 Å². The van der Waals surface area contributed by atoms with Crippen molar-refractivity contribution in [1.82, 2.24) is 9.80 Å². The van der Waals surface area contributed by atoms with Crippen molar-refractivity contribution in [2.45, 2.75) is 45.1 Å². The number of fused-ring (bicyclic) bond motifs is 1. The number of nitrogens with one attached hydrogen (secondary N) is 1. The van der Waals surface area contributed by atoms with Crippen LogP contribution in [0, 0.1) is 0 Å². The summed E-state index contributed by atoms with van der Waals surface area (Å²) in [5.41, 5.74) is 3.27. The number of carbonyl (C=O) groups excluding carboxylic acids is 4. The van der Waals surface area contributed by atoms with Crippen LogP contribution in [0.15, 0.2) is 18.2 Å². The molecule has 150 valence electrons. The summed E-state index contributed by atoms with van der Waals surface area (Å²) in [6.07, 6.45) is 2.61. The Hall–Kier alpha value is -2.90. The molecular weight excluding hydrogens is 362 g/mol. The van der Waals surface area contributed by atoms with Gasteiger partial charge in [0, 0.05) is 25.7 Å². The van der Waals surface area contributed by atoms with Gasteiger partial charge in [0.05, 0.1) is 0 Å². The maximum absolute atomic E-state index is 12.3. The monoisotopic (exact) mass is 387 g/mol. The molecule has 0 unspecified atom stereocenters. The van der Waals surface area contributed by atoms with E-state index in [0.29, 0.717) is 12.1 Å². The smallest absolute Gasteiger partial charge is 0.326 e. The van der Waals surface area contributed by atoms with Gasteiger partial charge in [-0.05, 0) is 55.9 Å². The van der Waals surface area contributed by atoms with Crippen molar-refractivity contribution in [2.75, 3.05) is 25.5 Å². The molecule has 1 fully saturated rings. The Morgan fingerprint density at radius 1 is 1.21 bits per heavy atom. The summed E-state index contributed by atoms with van der Waals surface area (Å²) in [6.45, 7) is 1.74. The van der Waals surface area contributed by atoms with E-state index in [9.17, 15) is 19.2 Å². The highest BCUT2D eigenvalue weighted by atomic mass is 16.5. The first-order chi connectivity index (χ1) is 13.3. The van der Waals surface area contributed by atoms with Gasteiger partial charge in [0.25, 0.3) is 5.91 Å². The highest BCUT2D eigenvalue weighted by molar-refractivity contribution is 6.01. The molecule has 1 atom stereocenters. The zero-order valence-electron chi connectivity index (χ0n) is 16.2. The fraction of sp³-hybridized carbons (Fsp3) is 0.500. The molecule has 8 nitrogen and oxygen atoms in total. The van der Waals surface area contributed by atoms with Crippen LogP contribution in [-0.4, -0.2) is 59.9 Å². The average molecular weight is 387 g/mol. The molecule has 2 aliphatic rings. The zero-order chi connectivity index (χ0) is 20.3. The summed E-state index contributed by atoms with van der Waals surface area (Å²) in [4.78, 5) is 50.1. The van der Waals surface area contributed by atoms with Crippen LogP contribution in [-0.2, 0) is 32.0 Å². The number of rotatable bonds is 7. The van der Waals surface area contributed by atoms with Crippen LogP contribution in [0.4, 0.5) is 10.5 Å². The van der Waals surface area contributed by atoms with Crippen molar-refractivity contribution in [2.24, 2.45) is 0 Å². The number of aryl methyl sites for hydroxylation is 2. The number of carbonyl (C=O) groups is 4. The molecule has 8 heteroatoms. The van der Waals surface area contributed by atoms with Gasteiger partial charge in [-0.3, -0.25) is 19.3 Å². The Kier molecular flexibility index (Phi) is 5.96. The molecule has 28 heavy (non-hydrogen) atoms. The Bertz CT molecular complexity index is 807. The molecule has 1 aliphatic carbocycles. The third kappa shape index (κ3) is 4.49. The van der Waals surface area contributed by atoms with Crippen molar-refractivity contribution in [3.63, 3.8) is 0 Å². The highest BCUT2D eigenvalue weighted by Crippen LogP contribution is 2.25. The molecule has 3 rings (SSSR count). The summed E-state index contributed by atoms with van der Waals surface area (Å²) in [7, 11) is 1.55. The number of hydrogen-bond acceptors (Lipinski definition) is 5. The standard InChI is InChI=1S/C20H25N3O5/c1-13(19(26)21-16-9-8-14-5-3-6-15(14)11-16)28-18(25)7-4-10-23-17(24)12-22(2)20(23)27/h8-9,11,13H,3-7,10,12H2,1-2H3,(H,21,26)/t13-/m1/s1. The van der Waals surface area contributed by atoms with E-state index in [1.54, 1.807) is 7.05 Å². The van der Waals surface area contributed by atoms with Crippen LogP contribution in [0.1, 0.15) is 37.3 Å². The second-order valence-electron chi connectivity index (χ2n) is 7.25. The quantitative estimate of drug-likeness (QED) is 0.568. The van der Waals surface area contributed by atoms with Crippen LogP contribution >= 0.6 is 0 Å². The lowest BCUT2D eigenvalue weighted by atomic mass is 10.1. The number of imide groups is 1. The summed E-state index contributed by atoms with van der Waals surface area (Å²) in [5.74, 6) is -1.20. The van der Waals surface area contributed by atoms with E-state index in [1.165, 1.54) is 23.0 Å². The Labute approximate surface area is 163 Å². The van der Waals surface area contributed by atoms with Gasteiger partial charge in [-0.25, -0.2) is 4.79 Å². The Balaban J connectivity index is 1.41. The van der Waals surface area contributed by atoms with Crippen molar-refractivity contribution >= 4 is 29.5 Å². The molecule has 1 heterocycles. The fourth-order valence-electron chi connectivity index (χ4n) is 3.47. The van der Waals surface area contributed by atoms with Crippen LogP contribution in [0.3, 0.4) is 0 Å². The van der Waals surface area contributed by atoms with Gasteiger partial charge in [0.15, 0.2) is 6.10 Å². The van der Waals surface area contributed by atoms with Crippen LogP contribution in [0.2, 0.25) is 0 Å². The second kappa shape index (κ2) is 8.41. The van der Waals surface area contributed by atoms with Gasteiger partial charge in [0.1, 0.15) is 6.54 Å². The molecular formula is C20H25N3O5. The van der Waals surface area contributed by atoms with Gasteiger partial charge in [0.2, 0.25) is 5.91 Å². The normalized spacial score (nSPS) is 16.9. The lowest BCUT2D eigenvalue weighted by Crippen LogP contribution is -2.33. The fourth-order valence-corrected chi connectivity index (χ4v) is 3.47. The van der Waals surface area contributed by atoms with Crippen molar-refractivity contribution in [1.29, 1.82) is 0 Å². The van der Waals surface area contributed by atoms with E-state index >= 15 is 0 Å². The number of nitrogens with zero attached hydrogens (tertiary/aromatic N) is 2. The summed E-state index contributed by atoms with van der Waals surface area (Å²) in [5, 5.41) is 2.77. The van der Waals surface area contributed by atoms with E-state index in [0.717, 1.165) is 24.2 Å². The summed E-state index contributed by atoms with van der Waals surface area (Å²) < 4.78 is 5.17. The van der Waals surface area contributed by atoms with Gasteiger partial charge in [-0.15, -0.1) is 0 Å². The second-order valence-corrected chi connectivity index (χ2v) is 7.25. The van der Waals surface area contributed by atoms with Crippen molar-refractivity contribution in [3.05, 3.63) is 29.3 Å². The Morgan fingerprint density at radius 2 is 1.96 bits per heavy atom. The number of likely N-dealkylation sites (N-methyl/N-ethyl adjacent to an activating group) is 1. The van der Waals surface area contributed by atoms with Gasteiger partial charge >= 0.3 is 12.0 Å². The maximum atomic E-state index is 12.3. The van der Waals surface area contributed by atoms with E-state index in [1.807, 2.05) is 18.2 Å². The van der Waals surface area contributed by atoms with Gasteiger partial charge in [-0.1, -0.05) is 6.07 Å². The minimum atomic E-state index is -0.929.